The third-order valence-corrected chi connectivity index (χ3v) is 2.11. The molecule has 0 fully saturated rings. The molecule has 0 N–H and O–H groups in total. The summed E-state index contributed by atoms with van der Waals surface area (Å²) < 4.78 is 9.75. The summed E-state index contributed by atoms with van der Waals surface area (Å²) in [5, 5.41) is 0.642. The highest BCUT2D eigenvalue weighted by molar-refractivity contribution is 5.75. The fourth-order valence-electron chi connectivity index (χ4n) is 1.43. The summed E-state index contributed by atoms with van der Waals surface area (Å²) >= 11 is 0. The fourth-order valence-corrected chi connectivity index (χ4v) is 1.43. The van der Waals surface area contributed by atoms with Crippen molar-refractivity contribution in [1.29, 1.82) is 0 Å². The summed E-state index contributed by atoms with van der Waals surface area (Å²) in [4.78, 5) is 21.2. The topological polar surface area (TPSA) is 56.5 Å². The Balaban J connectivity index is 0.000000232. The molecule has 4 heteroatoms. The predicted molar refractivity (Wildman–Crippen MR) is 69.5 cm³/mol. The van der Waals surface area contributed by atoms with Gasteiger partial charge in [-0.05, 0) is 26.0 Å². The molecule has 1 aromatic carbocycles. The minimum absolute atomic E-state index is 0.0225. The molecule has 0 aliphatic carbocycles. The van der Waals surface area contributed by atoms with E-state index in [-0.39, 0.29) is 11.4 Å². The largest absolute Gasteiger partial charge is 0.466 e. The highest BCUT2D eigenvalue weighted by Gasteiger charge is 1.98. The number of benzene rings is 1. The summed E-state index contributed by atoms with van der Waals surface area (Å²) in [5.41, 5.74) is 0.678. The molecule has 0 spiro atoms. The number of carbonyl (C=O) groups excluding carboxylic acids is 1. The normalized spacial score (nSPS) is 9.50. The molecule has 1 heterocycles. The lowest BCUT2D eigenvalue weighted by atomic mass is 10.2. The van der Waals surface area contributed by atoms with Gasteiger partial charge in [0.2, 0.25) is 0 Å². The average molecular weight is 248 g/mol. The number of fused-ring (bicyclic) bond motifs is 1. The number of aryl methyl sites for hydroxylation is 1. The summed E-state index contributed by atoms with van der Waals surface area (Å²) in [6, 6.07) is 8.74. The maximum atomic E-state index is 11.3. The van der Waals surface area contributed by atoms with Crippen LogP contribution in [0.4, 0.5) is 0 Å². The summed E-state index contributed by atoms with van der Waals surface area (Å²) in [5.74, 6) is 0.441. The molecule has 0 saturated heterocycles. The Morgan fingerprint density at radius 2 is 2.00 bits per heavy atom. The number of para-hydroxylation sites is 1. The van der Waals surface area contributed by atoms with Gasteiger partial charge in [-0.2, -0.15) is 0 Å². The van der Waals surface area contributed by atoms with E-state index < -0.39 is 0 Å². The minimum Gasteiger partial charge on any atom is -0.466 e. The van der Waals surface area contributed by atoms with Crippen molar-refractivity contribution in [1.82, 2.24) is 0 Å². The zero-order chi connectivity index (χ0) is 13.5. The molecule has 2 aromatic rings. The average Bonchev–Trinajstić information content (AvgIpc) is 2.29. The molecule has 0 bridgehead atoms. The van der Waals surface area contributed by atoms with Gasteiger partial charge in [0.15, 0.2) is 5.43 Å². The first-order chi connectivity index (χ1) is 8.54. The van der Waals surface area contributed by atoms with Gasteiger partial charge in [-0.25, -0.2) is 0 Å². The maximum absolute atomic E-state index is 11.3. The molecule has 96 valence electrons. The zero-order valence-electron chi connectivity index (χ0n) is 10.7. The monoisotopic (exact) mass is 248 g/mol. The van der Waals surface area contributed by atoms with Gasteiger partial charge in [-0.3, -0.25) is 9.59 Å². The number of hydrogen-bond donors (Lipinski definition) is 0. The van der Waals surface area contributed by atoms with E-state index in [0.717, 1.165) is 0 Å². The highest BCUT2D eigenvalue weighted by Crippen LogP contribution is 2.10. The molecular formula is C14H16O4. The van der Waals surface area contributed by atoms with Crippen LogP contribution in [0.2, 0.25) is 0 Å². The van der Waals surface area contributed by atoms with Crippen molar-refractivity contribution in [2.75, 3.05) is 6.61 Å². The lowest BCUT2D eigenvalue weighted by Gasteiger charge is -1.96. The molecule has 1 aromatic heterocycles. The van der Waals surface area contributed by atoms with Crippen molar-refractivity contribution >= 4 is 16.9 Å². The molecule has 0 atom stereocenters. The summed E-state index contributed by atoms with van der Waals surface area (Å²) in [7, 11) is 0. The van der Waals surface area contributed by atoms with Crippen molar-refractivity contribution in [2.45, 2.75) is 20.8 Å². The second kappa shape index (κ2) is 6.59. The van der Waals surface area contributed by atoms with E-state index >= 15 is 0 Å². The lowest BCUT2D eigenvalue weighted by Crippen LogP contribution is -1.99. The van der Waals surface area contributed by atoms with Gasteiger partial charge in [-0.15, -0.1) is 0 Å². The molecule has 4 nitrogen and oxygen atoms in total. The van der Waals surface area contributed by atoms with Gasteiger partial charge in [0, 0.05) is 13.0 Å². The molecule has 0 saturated carbocycles. The first kappa shape index (κ1) is 14.0. The third-order valence-electron chi connectivity index (χ3n) is 2.11. The van der Waals surface area contributed by atoms with Gasteiger partial charge >= 0.3 is 5.97 Å². The van der Waals surface area contributed by atoms with E-state index in [1.54, 1.807) is 26.0 Å². The van der Waals surface area contributed by atoms with Crippen LogP contribution in [0, 0.1) is 6.92 Å². The summed E-state index contributed by atoms with van der Waals surface area (Å²) in [6.45, 7) is 5.42. The summed E-state index contributed by atoms with van der Waals surface area (Å²) in [6.07, 6.45) is 0. The van der Waals surface area contributed by atoms with E-state index in [4.69, 9.17) is 4.42 Å². The second-order valence-electron chi connectivity index (χ2n) is 3.64. The van der Waals surface area contributed by atoms with Crippen LogP contribution < -0.4 is 5.43 Å². The van der Waals surface area contributed by atoms with Crippen LogP contribution in [0.3, 0.4) is 0 Å². The van der Waals surface area contributed by atoms with E-state index in [1.165, 1.54) is 13.0 Å². The quantitative estimate of drug-likeness (QED) is 0.728. The number of carbonyl (C=O) groups is 1. The molecule has 0 unspecified atom stereocenters. The first-order valence-electron chi connectivity index (χ1n) is 5.67. The van der Waals surface area contributed by atoms with Crippen molar-refractivity contribution in [3.8, 4) is 0 Å². The van der Waals surface area contributed by atoms with Crippen LogP contribution in [0.25, 0.3) is 11.0 Å². The van der Waals surface area contributed by atoms with Crippen LogP contribution in [0.15, 0.2) is 39.5 Å². The Kier molecular flexibility index (Phi) is 5.11. The van der Waals surface area contributed by atoms with E-state index in [2.05, 4.69) is 4.74 Å². The Hall–Kier alpha value is -2.10. The lowest BCUT2D eigenvalue weighted by molar-refractivity contribution is -0.140. The van der Waals surface area contributed by atoms with Gasteiger partial charge < -0.3 is 9.15 Å². The van der Waals surface area contributed by atoms with E-state index in [1.807, 2.05) is 12.1 Å². The maximum Gasteiger partial charge on any atom is 0.302 e. The molecule has 0 aliphatic heterocycles. The fraction of sp³-hybridized carbons (Fsp3) is 0.286. The zero-order valence-corrected chi connectivity index (χ0v) is 10.7. The van der Waals surface area contributed by atoms with Crippen LogP contribution in [-0.4, -0.2) is 12.6 Å². The molecule has 18 heavy (non-hydrogen) atoms. The standard InChI is InChI=1S/C10H8O2.C4H8O2/c1-7-6-9(11)8-4-2-3-5-10(8)12-7;1-3-6-4(2)5/h2-6H,1H3;3H2,1-2H3. The Labute approximate surface area is 105 Å². The van der Waals surface area contributed by atoms with Gasteiger partial charge in [0.1, 0.15) is 11.3 Å². The second-order valence-corrected chi connectivity index (χ2v) is 3.64. The first-order valence-corrected chi connectivity index (χ1v) is 5.67. The molecular weight excluding hydrogens is 232 g/mol. The SMILES string of the molecule is CCOC(C)=O.Cc1cc(=O)c2ccccc2o1. The smallest absolute Gasteiger partial charge is 0.302 e. The molecule has 0 radical (unpaired) electrons. The van der Waals surface area contributed by atoms with Crippen LogP contribution >= 0.6 is 0 Å². The molecule has 0 amide bonds. The predicted octanol–water partition coefficient (Wildman–Crippen LogP) is 2.67. The van der Waals surface area contributed by atoms with E-state index in [9.17, 15) is 9.59 Å². The van der Waals surface area contributed by atoms with Crippen molar-refractivity contribution < 1.29 is 13.9 Å². The van der Waals surface area contributed by atoms with Gasteiger partial charge in [-0.1, -0.05) is 12.1 Å². The third kappa shape index (κ3) is 4.05. The van der Waals surface area contributed by atoms with Gasteiger partial charge in [0.25, 0.3) is 0 Å². The van der Waals surface area contributed by atoms with Crippen molar-refractivity contribution in [3.63, 3.8) is 0 Å². The van der Waals surface area contributed by atoms with Crippen LogP contribution in [0.1, 0.15) is 19.6 Å². The van der Waals surface area contributed by atoms with Crippen molar-refractivity contribution in [2.24, 2.45) is 0 Å². The van der Waals surface area contributed by atoms with Crippen LogP contribution in [0.5, 0.6) is 0 Å². The Morgan fingerprint density at radius 1 is 1.33 bits per heavy atom. The Bertz CT molecular complexity index is 584. The molecule has 0 aliphatic rings. The molecule has 2 rings (SSSR count). The minimum atomic E-state index is -0.211. The Morgan fingerprint density at radius 3 is 2.56 bits per heavy atom. The van der Waals surface area contributed by atoms with Crippen molar-refractivity contribution in [3.05, 3.63) is 46.3 Å². The van der Waals surface area contributed by atoms with Crippen LogP contribution in [-0.2, 0) is 9.53 Å². The van der Waals surface area contributed by atoms with E-state index in [0.29, 0.717) is 23.3 Å². The van der Waals surface area contributed by atoms with Gasteiger partial charge in [0.05, 0.1) is 12.0 Å². The number of rotatable bonds is 1. The number of ether oxygens (including phenoxy) is 1. The number of hydrogen-bond acceptors (Lipinski definition) is 4. The highest BCUT2D eigenvalue weighted by atomic mass is 16.5. The number of esters is 1.